The lowest BCUT2D eigenvalue weighted by molar-refractivity contribution is -0.121. The molecule has 0 atom stereocenters. The molecular weight excluding hydrogens is 370 g/mol. The van der Waals surface area contributed by atoms with Crippen molar-refractivity contribution in [1.29, 1.82) is 0 Å². The average molecular weight is 389 g/mol. The monoisotopic (exact) mass is 389 g/mol. The first-order valence-electron chi connectivity index (χ1n) is 9.10. The van der Waals surface area contributed by atoms with E-state index in [1.807, 2.05) is 48.5 Å². The van der Waals surface area contributed by atoms with Gasteiger partial charge in [0, 0.05) is 0 Å². The molecule has 4 rings (SSSR count). The second-order valence-electron chi connectivity index (χ2n) is 6.40. The Morgan fingerprint density at radius 3 is 2.72 bits per heavy atom. The minimum Gasteiger partial charge on any atom is -0.379 e. The molecule has 0 fully saturated rings. The van der Waals surface area contributed by atoms with Gasteiger partial charge in [-0.05, 0) is 40.0 Å². The van der Waals surface area contributed by atoms with Gasteiger partial charge in [-0.2, -0.15) is 5.10 Å². The van der Waals surface area contributed by atoms with Crippen molar-refractivity contribution in [3.63, 3.8) is 0 Å². The van der Waals surface area contributed by atoms with E-state index in [1.54, 1.807) is 10.8 Å². The van der Waals surface area contributed by atoms with E-state index < -0.39 is 0 Å². The summed E-state index contributed by atoms with van der Waals surface area (Å²) in [7, 11) is 0. The van der Waals surface area contributed by atoms with Crippen LogP contribution in [0.1, 0.15) is 18.1 Å². The molecule has 0 aliphatic rings. The molecule has 1 amide bonds. The highest BCUT2D eigenvalue weighted by atomic mass is 16.6. The predicted molar refractivity (Wildman–Crippen MR) is 109 cm³/mol. The van der Waals surface area contributed by atoms with Crippen molar-refractivity contribution in [3.05, 3.63) is 59.7 Å². The molecule has 29 heavy (non-hydrogen) atoms. The number of hydrazone groups is 1. The topological polar surface area (TPSA) is 124 Å². The van der Waals surface area contributed by atoms with Crippen LogP contribution in [0, 0.1) is 0 Å². The Kier molecular flexibility index (Phi) is 5.02. The van der Waals surface area contributed by atoms with Crippen molar-refractivity contribution in [2.75, 3.05) is 5.73 Å². The van der Waals surface area contributed by atoms with Gasteiger partial charge in [-0.15, -0.1) is 0 Å². The fourth-order valence-corrected chi connectivity index (χ4v) is 2.96. The summed E-state index contributed by atoms with van der Waals surface area (Å²) in [6, 6.07) is 15.4. The Labute approximate surface area is 166 Å². The smallest absolute Gasteiger partial charge is 0.260 e. The van der Waals surface area contributed by atoms with Crippen LogP contribution in [0.15, 0.2) is 58.3 Å². The summed E-state index contributed by atoms with van der Waals surface area (Å²) < 4.78 is 6.38. The summed E-state index contributed by atoms with van der Waals surface area (Å²) in [5.41, 5.74) is 12.3. The van der Waals surface area contributed by atoms with Crippen molar-refractivity contribution in [1.82, 2.24) is 25.3 Å². The Hall–Kier alpha value is -4.01. The SMILES string of the molecule is CCc1ccc(C=NNC(=O)Cn2c(-c3nonc3N)nc3ccccc32)cc1. The van der Waals surface area contributed by atoms with Crippen molar-refractivity contribution in [2.24, 2.45) is 5.10 Å². The molecule has 4 aromatic rings. The van der Waals surface area contributed by atoms with E-state index in [0.717, 1.165) is 17.5 Å². The molecular formula is C20H19N7O2. The van der Waals surface area contributed by atoms with E-state index in [4.69, 9.17) is 5.73 Å². The number of aryl methyl sites for hydroxylation is 1. The van der Waals surface area contributed by atoms with Gasteiger partial charge in [0.15, 0.2) is 17.3 Å². The van der Waals surface area contributed by atoms with E-state index >= 15 is 0 Å². The van der Waals surface area contributed by atoms with E-state index in [0.29, 0.717) is 11.3 Å². The van der Waals surface area contributed by atoms with Gasteiger partial charge < -0.3 is 10.3 Å². The fraction of sp³-hybridized carbons (Fsp3) is 0.150. The van der Waals surface area contributed by atoms with Gasteiger partial charge in [0.05, 0.1) is 17.2 Å². The number of rotatable bonds is 6. The number of carbonyl (C=O) groups excluding carboxylic acids is 1. The molecule has 0 spiro atoms. The maximum Gasteiger partial charge on any atom is 0.260 e. The number of nitrogens with one attached hydrogen (secondary N) is 1. The minimum atomic E-state index is -0.314. The minimum absolute atomic E-state index is 0.0196. The molecule has 3 N–H and O–H groups in total. The predicted octanol–water partition coefficient (Wildman–Crippen LogP) is 2.38. The molecule has 0 bridgehead atoms. The van der Waals surface area contributed by atoms with Crippen molar-refractivity contribution >= 4 is 29.0 Å². The normalized spacial score (nSPS) is 11.3. The van der Waals surface area contributed by atoms with Crippen molar-refractivity contribution in [3.8, 4) is 11.5 Å². The number of nitrogen functional groups attached to an aromatic ring is 1. The molecule has 0 radical (unpaired) electrons. The summed E-state index contributed by atoms with van der Waals surface area (Å²) >= 11 is 0. The molecule has 0 saturated carbocycles. The number of imidazole rings is 1. The molecule has 2 aromatic heterocycles. The third kappa shape index (κ3) is 3.84. The van der Waals surface area contributed by atoms with E-state index in [-0.39, 0.29) is 24.0 Å². The molecule has 0 aliphatic carbocycles. The van der Waals surface area contributed by atoms with Gasteiger partial charge >= 0.3 is 0 Å². The van der Waals surface area contributed by atoms with Crippen LogP contribution in [0.25, 0.3) is 22.6 Å². The zero-order chi connectivity index (χ0) is 20.2. The standard InChI is InChI=1S/C20H19N7O2/c1-2-13-7-9-14(10-8-13)11-22-24-17(28)12-27-16-6-4-3-5-15(16)23-20(27)18-19(21)26-29-25-18/h3-11H,2,12H2,1H3,(H2,21,26)(H,24,28). The van der Waals surface area contributed by atoms with E-state index in [2.05, 4.69) is 37.4 Å². The van der Waals surface area contributed by atoms with Crippen LogP contribution in [-0.4, -0.2) is 32.0 Å². The number of nitrogens with two attached hydrogens (primary N) is 1. The second-order valence-corrected chi connectivity index (χ2v) is 6.40. The number of anilines is 1. The maximum absolute atomic E-state index is 12.5. The van der Waals surface area contributed by atoms with Gasteiger partial charge in [0.2, 0.25) is 0 Å². The van der Waals surface area contributed by atoms with Gasteiger partial charge in [-0.25, -0.2) is 15.0 Å². The third-order valence-corrected chi connectivity index (χ3v) is 4.47. The van der Waals surface area contributed by atoms with Crippen LogP contribution in [-0.2, 0) is 17.8 Å². The molecule has 9 nitrogen and oxygen atoms in total. The van der Waals surface area contributed by atoms with E-state index in [9.17, 15) is 4.79 Å². The number of aromatic nitrogens is 4. The van der Waals surface area contributed by atoms with E-state index in [1.165, 1.54) is 5.56 Å². The Bertz CT molecular complexity index is 1180. The quantitative estimate of drug-likeness (QED) is 0.385. The number of hydrogen-bond donors (Lipinski definition) is 2. The fourth-order valence-electron chi connectivity index (χ4n) is 2.96. The molecule has 9 heteroatoms. The number of hydrogen-bond acceptors (Lipinski definition) is 7. The molecule has 2 heterocycles. The van der Waals surface area contributed by atoms with Crippen LogP contribution < -0.4 is 11.2 Å². The van der Waals surface area contributed by atoms with Crippen LogP contribution >= 0.6 is 0 Å². The molecule has 0 saturated heterocycles. The lowest BCUT2D eigenvalue weighted by Gasteiger charge is -2.06. The number of fused-ring (bicyclic) bond motifs is 1. The van der Waals surface area contributed by atoms with Crippen molar-refractivity contribution < 1.29 is 9.42 Å². The highest BCUT2D eigenvalue weighted by Gasteiger charge is 2.20. The zero-order valence-electron chi connectivity index (χ0n) is 15.7. The number of para-hydroxylation sites is 2. The van der Waals surface area contributed by atoms with Gasteiger partial charge in [0.1, 0.15) is 6.54 Å². The Morgan fingerprint density at radius 2 is 2.00 bits per heavy atom. The summed E-state index contributed by atoms with van der Waals surface area (Å²) in [4.78, 5) is 17.0. The third-order valence-electron chi connectivity index (χ3n) is 4.47. The first-order chi connectivity index (χ1) is 14.2. The molecule has 0 aliphatic heterocycles. The molecule has 2 aromatic carbocycles. The lowest BCUT2D eigenvalue weighted by Crippen LogP contribution is -2.23. The summed E-state index contributed by atoms with van der Waals surface area (Å²) in [5, 5.41) is 11.4. The lowest BCUT2D eigenvalue weighted by atomic mass is 10.1. The number of carbonyl (C=O) groups is 1. The number of amides is 1. The second kappa shape index (κ2) is 7.93. The van der Waals surface area contributed by atoms with Crippen LogP contribution in [0.3, 0.4) is 0 Å². The Morgan fingerprint density at radius 1 is 1.21 bits per heavy atom. The first kappa shape index (κ1) is 18.4. The highest BCUT2D eigenvalue weighted by molar-refractivity contribution is 5.86. The van der Waals surface area contributed by atoms with Gasteiger partial charge in [-0.3, -0.25) is 4.79 Å². The molecule has 146 valence electrons. The van der Waals surface area contributed by atoms with Crippen LogP contribution in [0.4, 0.5) is 5.82 Å². The van der Waals surface area contributed by atoms with Gasteiger partial charge in [0.25, 0.3) is 5.91 Å². The summed E-state index contributed by atoms with van der Waals surface area (Å²) in [5.74, 6) is 0.195. The summed E-state index contributed by atoms with van der Waals surface area (Å²) in [6.45, 7) is 2.08. The van der Waals surface area contributed by atoms with Crippen LogP contribution in [0.5, 0.6) is 0 Å². The number of benzene rings is 2. The van der Waals surface area contributed by atoms with Crippen LogP contribution in [0.2, 0.25) is 0 Å². The average Bonchev–Trinajstić information content (AvgIpc) is 3.32. The maximum atomic E-state index is 12.5. The zero-order valence-corrected chi connectivity index (χ0v) is 15.7. The van der Waals surface area contributed by atoms with Crippen molar-refractivity contribution in [2.45, 2.75) is 19.9 Å². The first-order valence-corrected chi connectivity index (χ1v) is 9.10. The largest absolute Gasteiger partial charge is 0.379 e. The number of nitrogens with zero attached hydrogens (tertiary/aromatic N) is 5. The Balaban J connectivity index is 1.54. The molecule has 0 unspecified atom stereocenters. The highest BCUT2D eigenvalue weighted by Crippen LogP contribution is 2.26. The van der Waals surface area contributed by atoms with Gasteiger partial charge in [-0.1, -0.05) is 43.3 Å². The summed E-state index contributed by atoms with van der Waals surface area (Å²) in [6.07, 6.45) is 2.57.